The van der Waals surface area contributed by atoms with Gasteiger partial charge in [0.05, 0.1) is 12.8 Å². The zero-order valence-electron chi connectivity index (χ0n) is 10.4. The first kappa shape index (κ1) is 13.4. The molecule has 0 heterocycles. The van der Waals surface area contributed by atoms with E-state index in [1.165, 1.54) is 12.1 Å². The van der Waals surface area contributed by atoms with Gasteiger partial charge in [-0.3, -0.25) is 0 Å². The molecule has 100 valence electrons. The van der Waals surface area contributed by atoms with E-state index in [-0.39, 0.29) is 11.5 Å². The lowest BCUT2D eigenvalue weighted by Gasteiger charge is -2.12. The van der Waals surface area contributed by atoms with Crippen molar-refractivity contribution in [2.75, 3.05) is 12.4 Å². The Morgan fingerprint density at radius 3 is 2.58 bits per heavy atom. The van der Waals surface area contributed by atoms with Gasteiger partial charge in [0, 0.05) is 11.6 Å². The maximum absolute atomic E-state index is 9.42. The van der Waals surface area contributed by atoms with Crippen molar-refractivity contribution in [3.63, 3.8) is 0 Å². The monoisotopic (exact) mass is 279 g/mol. The van der Waals surface area contributed by atoms with Crippen LogP contribution in [0.2, 0.25) is 5.02 Å². The Hall–Kier alpha value is -2.07. The average molecular weight is 280 g/mol. The van der Waals surface area contributed by atoms with Crippen molar-refractivity contribution in [2.45, 2.75) is 6.54 Å². The maximum atomic E-state index is 9.42. The summed E-state index contributed by atoms with van der Waals surface area (Å²) in [6.45, 7) is 0.477. The van der Waals surface area contributed by atoms with Crippen molar-refractivity contribution in [3.05, 3.63) is 47.0 Å². The standard InChI is InChI=1S/C14H14ClNO3/c1-19-14-5-3-10(15)7-11(14)16-8-9-2-4-12(17)13(18)6-9/h2-7,16-18H,8H2,1H3. The molecule has 0 saturated heterocycles. The number of methoxy groups -OCH3 is 1. The Labute approximate surface area is 116 Å². The van der Waals surface area contributed by atoms with Crippen molar-refractivity contribution < 1.29 is 14.9 Å². The number of benzene rings is 2. The summed E-state index contributed by atoms with van der Waals surface area (Å²) in [6.07, 6.45) is 0. The quantitative estimate of drug-likeness (QED) is 0.751. The first-order chi connectivity index (χ1) is 9.10. The SMILES string of the molecule is COc1ccc(Cl)cc1NCc1ccc(O)c(O)c1. The molecule has 3 N–H and O–H groups in total. The van der Waals surface area contributed by atoms with E-state index in [1.807, 2.05) is 0 Å². The van der Waals surface area contributed by atoms with Crippen LogP contribution in [0.1, 0.15) is 5.56 Å². The maximum Gasteiger partial charge on any atom is 0.157 e. The zero-order valence-corrected chi connectivity index (χ0v) is 11.1. The first-order valence-corrected chi connectivity index (χ1v) is 6.06. The van der Waals surface area contributed by atoms with Gasteiger partial charge >= 0.3 is 0 Å². The predicted octanol–water partition coefficient (Wildman–Crippen LogP) is 3.37. The molecule has 0 aliphatic heterocycles. The molecule has 2 aromatic carbocycles. The van der Waals surface area contributed by atoms with Gasteiger partial charge in [-0.25, -0.2) is 0 Å². The Morgan fingerprint density at radius 1 is 1.11 bits per heavy atom. The van der Waals surface area contributed by atoms with Gasteiger partial charge in [0.2, 0.25) is 0 Å². The van der Waals surface area contributed by atoms with Crippen LogP contribution < -0.4 is 10.1 Å². The average Bonchev–Trinajstić information content (AvgIpc) is 2.40. The molecule has 0 aromatic heterocycles. The number of nitrogens with one attached hydrogen (secondary N) is 1. The minimum Gasteiger partial charge on any atom is -0.504 e. The Kier molecular flexibility index (Phi) is 4.02. The molecule has 0 fully saturated rings. The lowest BCUT2D eigenvalue weighted by atomic mass is 10.2. The molecule has 0 saturated carbocycles. The van der Waals surface area contributed by atoms with Gasteiger partial charge in [-0.15, -0.1) is 0 Å². The highest BCUT2D eigenvalue weighted by Crippen LogP contribution is 2.29. The second kappa shape index (κ2) is 5.71. The molecule has 5 heteroatoms. The second-order valence-corrected chi connectivity index (χ2v) is 4.46. The fraction of sp³-hybridized carbons (Fsp3) is 0.143. The number of phenols is 2. The topological polar surface area (TPSA) is 61.7 Å². The van der Waals surface area contributed by atoms with Crippen LogP contribution in [0.5, 0.6) is 17.2 Å². The molecule has 0 radical (unpaired) electrons. The van der Waals surface area contributed by atoms with Gasteiger partial charge < -0.3 is 20.3 Å². The van der Waals surface area contributed by atoms with E-state index in [9.17, 15) is 10.2 Å². The molecule has 4 nitrogen and oxygen atoms in total. The number of anilines is 1. The molecule has 0 aliphatic rings. The Balaban J connectivity index is 2.13. The Bertz CT molecular complexity index is 587. The van der Waals surface area contributed by atoms with Crippen molar-refractivity contribution in [1.82, 2.24) is 0 Å². The number of halogens is 1. The van der Waals surface area contributed by atoms with Crippen LogP contribution in [0.3, 0.4) is 0 Å². The van der Waals surface area contributed by atoms with Gasteiger partial charge in [-0.1, -0.05) is 17.7 Å². The lowest BCUT2D eigenvalue weighted by Crippen LogP contribution is -2.01. The summed E-state index contributed by atoms with van der Waals surface area (Å²) < 4.78 is 5.22. The van der Waals surface area contributed by atoms with Crippen molar-refractivity contribution >= 4 is 17.3 Å². The molecule has 19 heavy (non-hydrogen) atoms. The van der Waals surface area contributed by atoms with E-state index >= 15 is 0 Å². The molecule has 0 unspecified atom stereocenters. The lowest BCUT2D eigenvalue weighted by molar-refractivity contribution is 0.403. The number of aromatic hydroxyl groups is 2. The van der Waals surface area contributed by atoms with Crippen LogP contribution >= 0.6 is 11.6 Å². The molecule has 2 rings (SSSR count). The fourth-order valence-corrected chi connectivity index (χ4v) is 1.87. The summed E-state index contributed by atoms with van der Waals surface area (Å²) in [5.74, 6) is 0.411. The number of ether oxygens (including phenoxy) is 1. The molecule has 2 aromatic rings. The molecule has 0 bridgehead atoms. The highest BCUT2D eigenvalue weighted by molar-refractivity contribution is 6.30. The first-order valence-electron chi connectivity index (χ1n) is 5.68. The van der Waals surface area contributed by atoms with Crippen LogP contribution in [0.15, 0.2) is 36.4 Å². The molecule has 0 spiro atoms. The predicted molar refractivity (Wildman–Crippen MR) is 75.1 cm³/mol. The summed E-state index contributed by atoms with van der Waals surface area (Å²) in [7, 11) is 1.58. The highest BCUT2D eigenvalue weighted by atomic mass is 35.5. The summed E-state index contributed by atoms with van der Waals surface area (Å²) in [5.41, 5.74) is 1.60. The van der Waals surface area contributed by atoms with Crippen LogP contribution in [-0.2, 0) is 6.54 Å². The number of rotatable bonds is 4. The molecule has 0 amide bonds. The van der Waals surface area contributed by atoms with Gasteiger partial charge in [0.25, 0.3) is 0 Å². The van der Waals surface area contributed by atoms with Gasteiger partial charge in [0.15, 0.2) is 11.5 Å². The normalized spacial score (nSPS) is 10.2. The van der Waals surface area contributed by atoms with Gasteiger partial charge in [-0.2, -0.15) is 0 Å². The van der Waals surface area contributed by atoms with Gasteiger partial charge in [0.1, 0.15) is 5.75 Å². The van der Waals surface area contributed by atoms with E-state index in [4.69, 9.17) is 16.3 Å². The number of hydrogen-bond acceptors (Lipinski definition) is 4. The van der Waals surface area contributed by atoms with Crippen molar-refractivity contribution in [3.8, 4) is 17.2 Å². The van der Waals surface area contributed by atoms with E-state index in [2.05, 4.69) is 5.32 Å². The highest BCUT2D eigenvalue weighted by Gasteiger charge is 2.05. The van der Waals surface area contributed by atoms with Crippen LogP contribution in [0.25, 0.3) is 0 Å². The summed E-state index contributed by atoms with van der Waals surface area (Å²) in [4.78, 5) is 0. The summed E-state index contributed by atoms with van der Waals surface area (Å²) >= 11 is 5.93. The smallest absolute Gasteiger partial charge is 0.157 e. The number of hydrogen-bond donors (Lipinski definition) is 3. The van der Waals surface area contributed by atoms with Crippen molar-refractivity contribution in [1.29, 1.82) is 0 Å². The number of phenolic OH excluding ortho intramolecular Hbond substituents is 2. The minimum atomic E-state index is -0.141. The third-order valence-electron chi connectivity index (χ3n) is 2.68. The van der Waals surface area contributed by atoms with E-state index in [0.717, 1.165) is 11.3 Å². The minimum absolute atomic E-state index is 0.135. The van der Waals surface area contributed by atoms with Crippen molar-refractivity contribution in [2.24, 2.45) is 0 Å². The third kappa shape index (κ3) is 3.23. The third-order valence-corrected chi connectivity index (χ3v) is 2.92. The Morgan fingerprint density at radius 2 is 1.89 bits per heavy atom. The molecule has 0 atom stereocenters. The molecular formula is C14H14ClNO3. The second-order valence-electron chi connectivity index (χ2n) is 4.02. The van der Waals surface area contributed by atoms with Crippen LogP contribution in [-0.4, -0.2) is 17.3 Å². The van der Waals surface area contributed by atoms with Crippen LogP contribution in [0.4, 0.5) is 5.69 Å². The molecular weight excluding hydrogens is 266 g/mol. The van der Waals surface area contributed by atoms with E-state index in [0.29, 0.717) is 17.3 Å². The summed E-state index contributed by atoms with van der Waals surface area (Å²) in [6, 6.07) is 9.96. The van der Waals surface area contributed by atoms with E-state index < -0.39 is 0 Å². The fourth-order valence-electron chi connectivity index (χ4n) is 1.69. The van der Waals surface area contributed by atoms with E-state index in [1.54, 1.807) is 31.4 Å². The van der Waals surface area contributed by atoms with Crippen LogP contribution in [0, 0.1) is 0 Å². The molecule has 0 aliphatic carbocycles. The van der Waals surface area contributed by atoms with Gasteiger partial charge in [-0.05, 0) is 35.9 Å². The largest absolute Gasteiger partial charge is 0.504 e. The summed E-state index contributed by atoms with van der Waals surface area (Å²) in [5, 5.41) is 22.4. The zero-order chi connectivity index (χ0) is 13.8.